The fraction of sp³-hybridized carbons (Fsp3) is 0.550. The van der Waals surface area contributed by atoms with E-state index < -0.39 is 45.8 Å². The number of hydrogen-bond donors (Lipinski definition) is 3. The largest absolute Gasteiger partial charge is 0.508 e. The molecule has 0 aromatic carbocycles. The molecule has 1 unspecified atom stereocenters. The van der Waals surface area contributed by atoms with Crippen molar-refractivity contribution in [3.8, 4) is 0 Å². The van der Waals surface area contributed by atoms with Crippen molar-refractivity contribution < 1.29 is 29.7 Å². The Morgan fingerprint density at radius 2 is 1.54 bits per heavy atom. The number of carbonyl (C=O) groups is 3. The molecule has 0 fully saturated rings. The molecule has 6 nitrogen and oxygen atoms in total. The lowest BCUT2D eigenvalue weighted by Gasteiger charge is -2.35. The molecule has 26 heavy (non-hydrogen) atoms. The first-order valence-electron chi connectivity index (χ1n) is 8.58. The van der Waals surface area contributed by atoms with E-state index in [9.17, 15) is 29.7 Å². The molecule has 1 rings (SSSR count). The van der Waals surface area contributed by atoms with Crippen LogP contribution < -0.4 is 0 Å². The van der Waals surface area contributed by atoms with E-state index in [1.165, 1.54) is 26.0 Å². The first-order chi connectivity index (χ1) is 11.8. The van der Waals surface area contributed by atoms with E-state index in [-0.39, 0.29) is 12.8 Å². The maximum atomic E-state index is 12.8. The summed E-state index contributed by atoms with van der Waals surface area (Å²) >= 11 is 0. The molecular weight excluding hydrogens is 336 g/mol. The molecule has 0 aromatic heterocycles. The van der Waals surface area contributed by atoms with Crippen molar-refractivity contribution in [3.63, 3.8) is 0 Å². The van der Waals surface area contributed by atoms with Gasteiger partial charge in [0, 0.05) is 18.8 Å². The number of aliphatic hydroxyl groups is 3. The van der Waals surface area contributed by atoms with Gasteiger partial charge in [0.1, 0.15) is 11.3 Å². The summed E-state index contributed by atoms with van der Waals surface area (Å²) in [6.45, 7) is 9.98. The highest BCUT2D eigenvalue weighted by Gasteiger charge is 2.68. The van der Waals surface area contributed by atoms with Gasteiger partial charge in [-0.3, -0.25) is 14.4 Å². The van der Waals surface area contributed by atoms with Gasteiger partial charge in [-0.15, -0.1) is 0 Å². The van der Waals surface area contributed by atoms with Crippen LogP contribution in [0.25, 0.3) is 0 Å². The minimum Gasteiger partial charge on any atom is -0.508 e. The molecule has 0 bridgehead atoms. The van der Waals surface area contributed by atoms with E-state index in [4.69, 9.17) is 0 Å². The van der Waals surface area contributed by atoms with E-state index >= 15 is 0 Å². The van der Waals surface area contributed by atoms with Crippen molar-refractivity contribution in [2.24, 2.45) is 5.92 Å². The Kier molecular flexibility index (Phi) is 6.49. The Labute approximate surface area is 153 Å². The van der Waals surface area contributed by atoms with Crippen molar-refractivity contribution in [3.05, 3.63) is 34.6 Å². The minimum absolute atomic E-state index is 0.307. The molecule has 144 valence electrons. The van der Waals surface area contributed by atoms with Crippen LogP contribution in [0.4, 0.5) is 0 Å². The van der Waals surface area contributed by atoms with E-state index in [1.807, 2.05) is 0 Å². The number of ketones is 3. The van der Waals surface area contributed by atoms with Crippen molar-refractivity contribution >= 4 is 17.3 Å². The van der Waals surface area contributed by atoms with Gasteiger partial charge in [0.25, 0.3) is 0 Å². The molecule has 0 saturated carbocycles. The van der Waals surface area contributed by atoms with Gasteiger partial charge in [-0.05, 0) is 27.7 Å². The Balaban J connectivity index is 3.60. The highest BCUT2D eigenvalue weighted by Crippen LogP contribution is 2.45. The van der Waals surface area contributed by atoms with Crippen LogP contribution in [-0.4, -0.2) is 43.9 Å². The molecule has 1 aliphatic carbocycles. The predicted molar refractivity (Wildman–Crippen MR) is 97.5 cm³/mol. The summed E-state index contributed by atoms with van der Waals surface area (Å²) in [4.78, 5) is 37.9. The molecule has 0 spiro atoms. The van der Waals surface area contributed by atoms with Gasteiger partial charge in [0.15, 0.2) is 17.2 Å². The van der Waals surface area contributed by atoms with Crippen LogP contribution in [0.15, 0.2) is 34.6 Å². The lowest BCUT2D eigenvalue weighted by Crippen LogP contribution is -2.61. The maximum Gasteiger partial charge on any atom is 0.223 e. The highest BCUT2D eigenvalue weighted by atomic mass is 16.4. The Morgan fingerprint density at radius 1 is 1.04 bits per heavy atom. The van der Waals surface area contributed by atoms with Gasteiger partial charge in [-0.2, -0.15) is 0 Å². The fourth-order valence-electron chi connectivity index (χ4n) is 2.77. The summed E-state index contributed by atoms with van der Waals surface area (Å²) < 4.78 is 0. The molecule has 1 aliphatic rings. The van der Waals surface area contributed by atoms with Crippen molar-refractivity contribution in [1.29, 1.82) is 0 Å². The molecular formula is C20H28O6. The second-order valence-corrected chi connectivity index (χ2v) is 7.54. The molecule has 0 saturated heterocycles. The summed E-state index contributed by atoms with van der Waals surface area (Å²) in [5.74, 6) is -4.53. The summed E-state index contributed by atoms with van der Waals surface area (Å²) in [5, 5.41) is 32.5. The Morgan fingerprint density at radius 3 is 1.96 bits per heavy atom. The van der Waals surface area contributed by atoms with Crippen LogP contribution in [0.1, 0.15) is 54.4 Å². The highest BCUT2D eigenvalue weighted by molar-refractivity contribution is 6.33. The zero-order valence-corrected chi connectivity index (χ0v) is 16.2. The van der Waals surface area contributed by atoms with Crippen LogP contribution in [0, 0.1) is 5.92 Å². The molecule has 3 N–H and O–H groups in total. The third-order valence-corrected chi connectivity index (χ3v) is 4.46. The van der Waals surface area contributed by atoms with Gasteiger partial charge < -0.3 is 15.3 Å². The van der Waals surface area contributed by atoms with Crippen LogP contribution in [0.2, 0.25) is 0 Å². The van der Waals surface area contributed by atoms with Crippen LogP contribution in [0.3, 0.4) is 0 Å². The van der Waals surface area contributed by atoms with Crippen LogP contribution in [-0.2, 0) is 14.4 Å². The number of Topliss-reactive ketones (excluding diaryl/α,β-unsaturated/α-hetero) is 3. The lowest BCUT2D eigenvalue weighted by atomic mass is 9.76. The number of hydrogen-bond acceptors (Lipinski definition) is 6. The first-order valence-corrected chi connectivity index (χ1v) is 8.58. The summed E-state index contributed by atoms with van der Waals surface area (Å²) in [5.41, 5.74) is -4.64. The third kappa shape index (κ3) is 3.57. The van der Waals surface area contributed by atoms with Crippen molar-refractivity contribution in [1.82, 2.24) is 0 Å². The standard InChI is InChI=1S/C20H28O6/c1-11(2)7-8-14(21)20(26)18(24)15(16(22)13(5)6)17(23)19(20,25)10-9-12(3)4/h7,9,13,23,25-26H,8,10H2,1-6H3/t19?,20-/m1/s1. The second kappa shape index (κ2) is 7.68. The molecule has 0 radical (unpaired) electrons. The molecule has 0 heterocycles. The fourth-order valence-corrected chi connectivity index (χ4v) is 2.77. The van der Waals surface area contributed by atoms with Gasteiger partial charge in [0.2, 0.25) is 11.4 Å². The smallest absolute Gasteiger partial charge is 0.223 e. The third-order valence-electron chi connectivity index (χ3n) is 4.46. The quantitative estimate of drug-likeness (QED) is 0.363. The number of allylic oxidation sites excluding steroid dienone is 3. The van der Waals surface area contributed by atoms with Gasteiger partial charge in [-0.25, -0.2) is 0 Å². The minimum atomic E-state index is -2.91. The van der Waals surface area contributed by atoms with E-state index in [0.29, 0.717) is 0 Å². The molecule has 6 heteroatoms. The second-order valence-electron chi connectivity index (χ2n) is 7.54. The zero-order chi connectivity index (χ0) is 20.4. The van der Waals surface area contributed by atoms with Gasteiger partial charge in [-0.1, -0.05) is 37.1 Å². The number of aliphatic hydroxyl groups excluding tert-OH is 1. The summed E-state index contributed by atoms with van der Waals surface area (Å²) in [6, 6.07) is 0. The molecule has 0 aromatic rings. The van der Waals surface area contributed by atoms with Crippen LogP contribution in [0.5, 0.6) is 0 Å². The normalized spacial score (nSPS) is 25.5. The van der Waals surface area contributed by atoms with Crippen molar-refractivity contribution in [2.45, 2.75) is 65.6 Å². The predicted octanol–water partition coefficient (Wildman–Crippen LogP) is 2.35. The first kappa shape index (κ1) is 22.0. The van der Waals surface area contributed by atoms with E-state index in [1.54, 1.807) is 27.7 Å². The van der Waals surface area contributed by atoms with Crippen molar-refractivity contribution in [2.75, 3.05) is 0 Å². The van der Waals surface area contributed by atoms with E-state index in [0.717, 1.165) is 11.1 Å². The van der Waals surface area contributed by atoms with Gasteiger partial charge in [0.05, 0.1) is 0 Å². The molecule has 0 amide bonds. The summed E-state index contributed by atoms with van der Waals surface area (Å²) in [6.07, 6.45) is 2.32. The number of rotatable bonds is 7. The topological polar surface area (TPSA) is 112 Å². The average Bonchev–Trinajstić information content (AvgIpc) is 2.69. The Hall–Kier alpha value is -2.05. The molecule has 0 aliphatic heterocycles. The zero-order valence-electron chi connectivity index (χ0n) is 16.2. The Bertz CT molecular complexity index is 717. The van der Waals surface area contributed by atoms with Gasteiger partial charge >= 0.3 is 0 Å². The number of carbonyl (C=O) groups excluding carboxylic acids is 3. The molecule has 2 atom stereocenters. The van der Waals surface area contributed by atoms with Crippen LogP contribution >= 0.6 is 0 Å². The monoisotopic (exact) mass is 364 g/mol. The average molecular weight is 364 g/mol. The lowest BCUT2D eigenvalue weighted by molar-refractivity contribution is -0.171. The van der Waals surface area contributed by atoms with E-state index in [2.05, 4.69) is 0 Å². The SMILES string of the molecule is CC(C)=CCC(=O)[C@@]1(O)C(=O)C(C(=O)C(C)C)=C(O)C1(O)CC=C(C)C. The summed E-state index contributed by atoms with van der Waals surface area (Å²) in [7, 11) is 0. The maximum absolute atomic E-state index is 12.8.